The Bertz CT molecular complexity index is 853. The Balaban J connectivity index is 1.56. The lowest BCUT2D eigenvalue weighted by Crippen LogP contribution is -2.56. The van der Waals surface area contributed by atoms with Crippen LogP contribution < -0.4 is 10.6 Å². The van der Waals surface area contributed by atoms with E-state index in [4.69, 9.17) is 16.6 Å². The molecule has 1 fully saturated rings. The number of para-hydroxylation sites is 2. The third kappa shape index (κ3) is 4.18. The molecule has 0 atom stereocenters. The molecule has 2 aromatic carbocycles. The lowest BCUT2D eigenvalue weighted by atomic mass is 9.74. The molecule has 5 heteroatoms. The van der Waals surface area contributed by atoms with Gasteiger partial charge in [0, 0.05) is 18.1 Å². The van der Waals surface area contributed by atoms with Crippen molar-refractivity contribution in [2.24, 2.45) is 10.9 Å². The fourth-order valence-corrected chi connectivity index (χ4v) is 4.71. The van der Waals surface area contributed by atoms with Crippen molar-refractivity contribution in [2.45, 2.75) is 37.8 Å². The van der Waals surface area contributed by atoms with Gasteiger partial charge >= 0.3 is 0 Å². The SMILES string of the molecule is CN(C)CC1CCC2(CC1)Nc1ccccc1N=C2NCc1cccc(Cl)c1. The van der Waals surface area contributed by atoms with Crippen molar-refractivity contribution >= 4 is 28.8 Å². The van der Waals surface area contributed by atoms with Crippen LogP contribution in [0, 0.1) is 5.92 Å². The molecule has 0 aromatic heterocycles. The topological polar surface area (TPSA) is 39.7 Å². The van der Waals surface area contributed by atoms with Crippen molar-refractivity contribution in [3.8, 4) is 0 Å². The summed E-state index contributed by atoms with van der Waals surface area (Å²) in [5, 5.41) is 8.26. The first-order chi connectivity index (χ1) is 13.5. The molecule has 2 aliphatic rings. The van der Waals surface area contributed by atoms with Gasteiger partial charge in [-0.1, -0.05) is 35.9 Å². The highest BCUT2D eigenvalue weighted by Gasteiger charge is 2.42. The Kier molecular flexibility index (Phi) is 5.61. The lowest BCUT2D eigenvalue weighted by molar-refractivity contribution is 0.237. The number of amidine groups is 1. The Hall–Kier alpha value is -2.04. The average molecular weight is 397 g/mol. The summed E-state index contributed by atoms with van der Waals surface area (Å²) < 4.78 is 0. The molecule has 0 unspecified atom stereocenters. The molecule has 0 saturated heterocycles. The number of nitrogens with zero attached hydrogens (tertiary/aromatic N) is 2. The maximum Gasteiger partial charge on any atom is 0.128 e. The van der Waals surface area contributed by atoms with Crippen molar-refractivity contribution < 1.29 is 0 Å². The van der Waals surface area contributed by atoms with Gasteiger partial charge in [-0.3, -0.25) is 0 Å². The number of anilines is 1. The van der Waals surface area contributed by atoms with Crippen LogP contribution >= 0.6 is 11.6 Å². The average Bonchev–Trinajstić information content (AvgIpc) is 2.68. The first-order valence-corrected chi connectivity index (χ1v) is 10.5. The van der Waals surface area contributed by atoms with Gasteiger partial charge in [0.25, 0.3) is 0 Å². The zero-order valence-electron chi connectivity index (χ0n) is 16.7. The molecule has 2 N–H and O–H groups in total. The maximum atomic E-state index is 6.16. The molecule has 0 radical (unpaired) electrons. The largest absolute Gasteiger partial charge is 0.371 e. The van der Waals surface area contributed by atoms with E-state index in [1.165, 1.54) is 18.4 Å². The van der Waals surface area contributed by atoms with Gasteiger partial charge in [-0.05, 0) is 75.5 Å². The Morgan fingerprint density at radius 2 is 1.93 bits per heavy atom. The maximum absolute atomic E-state index is 6.16. The van der Waals surface area contributed by atoms with Gasteiger partial charge in [-0.15, -0.1) is 0 Å². The van der Waals surface area contributed by atoms with Gasteiger partial charge in [0.2, 0.25) is 0 Å². The van der Waals surface area contributed by atoms with Crippen molar-refractivity contribution in [3.05, 3.63) is 59.1 Å². The van der Waals surface area contributed by atoms with E-state index in [0.29, 0.717) is 0 Å². The normalized spacial score (nSPS) is 23.9. The molecule has 4 rings (SSSR count). The van der Waals surface area contributed by atoms with Crippen molar-refractivity contribution in [3.63, 3.8) is 0 Å². The summed E-state index contributed by atoms with van der Waals surface area (Å²) in [6.45, 7) is 1.89. The van der Waals surface area contributed by atoms with E-state index in [1.807, 2.05) is 24.3 Å². The van der Waals surface area contributed by atoms with Gasteiger partial charge in [0.1, 0.15) is 5.84 Å². The Morgan fingerprint density at radius 1 is 1.14 bits per heavy atom. The molecule has 148 valence electrons. The van der Waals surface area contributed by atoms with Gasteiger partial charge in [-0.25, -0.2) is 4.99 Å². The van der Waals surface area contributed by atoms with E-state index in [9.17, 15) is 0 Å². The van der Waals surface area contributed by atoms with E-state index in [2.05, 4.69) is 53.9 Å². The molecule has 0 amide bonds. The molecule has 1 aliphatic carbocycles. The van der Waals surface area contributed by atoms with Crippen LogP contribution in [0.1, 0.15) is 31.2 Å². The van der Waals surface area contributed by atoms with Crippen LogP contribution in [0.25, 0.3) is 0 Å². The zero-order chi connectivity index (χ0) is 19.6. The summed E-state index contributed by atoms with van der Waals surface area (Å²) in [7, 11) is 4.33. The summed E-state index contributed by atoms with van der Waals surface area (Å²) in [5.41, 5.74) is 3.22. The second kappa shape index (κ2) is 8.14. The molecular formula is C23H29ClN4. The highest BCUT2D eigenvalue weighted by molar-refractivity contribution is 6.30. The smallest absolute Gasteiger partial charge is 0.128 e. The number of hydrogen-bond acceptors (Lipinski definition) is 4. The van der Waals surface area contributed by atoms with Gasteiger partial charge in [-0.2, -0.15) is 0 Å². The Morgan fingerprint density at radius 3 is 2.68 bits per heavy atom. The highest BCUT2D eigenvalue weighted by Crippen LogP contribution is 2.41. The number of aliphatic imine (C=N–C) groups is 1. The number of hydrogen-bond donors (Lipinski definition) is 2. The van der Waals surface area contributed by atoms with Crippen LogP contribution in [-0.2, 0) is 6.54 Å². The molecule has 28 heavy (non-hydrogen) atoms. The number of halogens is 1. The molecule has 1 aliphatic heterocycles. The Labute approximate surface area is 173 Å². The van der Waals surface area contributed by atoms with Crippen LogP contribution in [0.5, 0.6) is 0 Å². The molecule has 4 nitrogen and oxygen atoms in total. The van der Waals surface area contributed by atoms with E-state index < -0.39 is 0 Å². The lowest BCUT2D eigenvalue weighted by Gasteiger charge is -2.45. The fourth-order valence-electron chi connectivity index (χ4n) is 4.49. The quantitative estimate of drug-likeness (QED) is 0.757. The predicted molar refractivity (Wildman–Crippen MR) is 119 cm³/mol. The number of fused-ring (bicyclic) bond motifs is 1. The molecule has 1 saturated carbocycles. The van der Waals surface area contributed by atoms with Gasteiger partial charge in [0.15, 0.2) is 0 Å². The molecule has 0 bridgehead atoms. The van der Waals surface area contributed by atoms with Gasteiger partial charge in [0.05, 0.1) is 16.9 Å². The number of benzene rings is 2. The first kappa shape index (κ1) is 19.3. The van der Waals surface area contributed by atoms with Crippen LogP contribution in [0.4, 0.5) is 11.4 Å². The van der Waals surface area contributed by atoms with E-state index in [-0.39, 0.29) is 5.54 Å². The van der Waals surface area contributed by atoms with Crippen LogP contribution in [0.3, 0.4) is 0 Å². The second-order valence-electron chi connectivity index (χ2n) is 8.37. The minimum Gasteiger partial charge on any atom is -0.371 e. The summed E-state index contributed by atoms with van der Waals surface area (Å²) in [6.07, 6.45) is 4.62. The van der Waals surface area contributed by atoms with E-state index >= 15 is 0 Å². The summed E-state index contributed by atoms with van der Waals surface area (Å²) in [6, 6.07) is 16.4. The molecule has 2 aromatic rings. The van der Waals surface area contributed by atoms with Crippen molar-refractivity contribution in [1.29, 1.82) is 0 Å². The van der Waals surface area contributed by atoms with Crippen LogP contribution in [0.15, 0.2) is 53.5 Å². The minimum atomic E-state index is -0.101. The summed E-state index contributed by atoms with van der Waals surface area (Å²) >= 11 is 6.16. The van der Waals surface area contributed by atoms with Gasteiger partial charge < -0.3 is 15.5 Å². The third-order valence-corrected chi connectivity index (χ3v) is 6.13. The molecular weight excluding hydrogens is 368 g/mol. The second-order valence-corrected chi connectivity index (χ2v) is 8.81. The van der Waals surface area contributed by atoms with E-state index in [0.717, 1.165) is 54.1 Å². The zero-order valence-corrected chi connectivity index (χ0v) is 17.5. The predicted octanol–water partition coefficient (Wildman–Crippen LogP) is 5.08. The third-order valence-electron chi connectivity index (χ3n) is 5.89. The summed E-state index contributed by atoms with van der Waals surface area (Å²) in [5.74, 6) is 1.82. The number of nitrogens with one attached hydrogen (secondary N) is 2. The van der Waals surface area contributed by atoms with Crippen molar-refractivity contribution in [2.75, 3.05) is 26.0 Å². The fraction of sp³-hybridized carbons (Fsp3) is 0.435. The van der Waals surface area contributed by atoms with E-state index in [1.54, 1.807) is 0 Å². The molecule has 1 spiro atoms. The standard InChI is InChI=1S/C23H29ClN4/c1-28(2)16-17-10-12-23(13-11-17)22(25-15-18-6-5-7-19(24)14-18)26-20-8-3-4-9-21(20)27-23/h3-9,14,17,27H,10-13,15-16H2,1-2H3,(H,25,26). The first-order valence-electron chi connectivity index (χ1n) is 10.1. The van der Waals surface area contributed by atoms with Crippen LogP contribution in [-0.4, -0.2) is 36.9 Å². The molecule has 1 heterocycles. The monoisotopic (exact) mass is 396 g/mol. The minimum absolute atomic E-state index is 0.101. The highest BCUT2D eigenvalue weighted by atomic mass is 35.5. The summed E-state index contributed by atoms with van der Waals surface area (Å²) in [4.78, 5) is 7.35. The van der Waals surface area contributed by atoms with Crippen LogP contribution in [0.2, 0.25) is 5.02 Å². The van der Waals surface area contributed by atoms with Crippen molar-refractivity contribution in [1.82, 2.24) is 10.2 Å². The number of rotatable bonds is 4.